The van der Waals surface area contributed by atoms with Crippen LogP contribution in [0.5, 0.6) is 0 Å². The van der Waals surface area contributed by atoms with Crippen LogP contribution < -0.4 is 5.73 Å². The lowest BCUT2D eigenvalue weighted by Gasteiger charge is -2.09. The molecule has 3 rings (SSSR count). The quantitative estimate of drug-likeness (QED) is 0.659. The molecule has 0 aliphatic rings. The highest BCUT2D eigenvalue weighted by Gasteiger charge is 2.17. The fraction of sp³-hybridized carbons (Fsp3) is 0. The Morgan fingerprint density at radius 1 is 1.20 bits per heavy atom. The Morgan fingerprint density at radius 2 is 1.95 bits per heavy atom. The maximum atomic E-state index is 14.0. The number of nitrogens with zero attached hydrogens (tertiary/aromatic N) is 2. The number of anilines is 1. The molecule has 2 N–H and O–H groups in total. The molecule has 0 fully saturated rings. The minimum Gasteiger partial charge on any atom is -0.369 e. The molecule has 0 amide bonds. The molecule has 0 saturated heterocycles. The van der Waals surface area contributed by atoms with E-state index < -0.39 is 11.6 Å². The van der Waals surface area contributed by atoms with E-state index in [9.17, 15) is 8.78 Å². The van der Waals surface area contributed by atoms with E-state index in [1.807, 2.05) is 0 Å². The second-order valence-electron chi connectivity index (χ2n) is 4.13. The largest absolute Gasteiger partial charge is 0.369 e. The molecule has 20 heavy (non-hydrogen) atoms. The third-order valence-electron chi connectivity index (χ3n) is 2.88. The third kappa shape index (κ3) is 1.96. The molecule has 0 radical (unpaired) electrons. The lowest BCUT2D eigenvalue weighted by molar-refractivity contribution is 0.574. The number of nitrogen functional groups attached to an aromatic ring is 1. The number of benzene rings is 2. The summed E-state index contributed by atoms with van der Waals surface area (Å²) < 4.78 is 28.8. The van der Waals surface area contributed by atoms with Gasteiger partial charge in [0.15, 0.2) is 0 Å². The van der Waals surface area contributed by atoms with Crippen LogP contribution in [-0.2, 0) is 0 Å². The summed E-state index contributed by atoms with van der Waals surface area (Å²) in [6.07, 6.45) is 0. The number of fused-ring (bicyclic) bond motifs is 1. The second kappa shape index (κ2) is 4.71. The minimum absolute atomic E-state index is 0.0745. The standard InChI is InChI=1S/C13H7BrClF2N3/c14-6-4-11(9(17)5-8(6)16)20-12-7(15)2-1-3-10(12)19-13(20)18/h1-5H,(H2,18,19). The van der Waals surface area contributed by atoms with Crippen molar-refractivity contribution in [1.82, 2.24) is 9.55 Å². The van der Waals surface area contributed by atoms with E-state index in [0.717, 1.165) is 6.07 Å². The monoisotopic (exact) mass is 357 g/mol. The maximum Gasteiger partial charge on any atom is 0.206 e. The fourth-order valence-corrected chi connectivity index (χ4v) is 2.62. The summed E-state index contributed by atoms with van der Waals surface area (Å²) in [4.78, 5) is 4.12. The first kappa shape index (κ1) is 13.3. The van der Waals surface area contributed by atoms with Crippen LogP contribution in [0.2, 0.25) is 5.02 Å². The highest BCUT2D eigenvalue weighted by molar-refractivity contribution is 9.10. The van der Waals surface area contributed by atoms with Crippen molar-refractivity contribution in [2.45, 2.75) is 0 Å². The molecule has 1 aromatic heterocycles. The van der Waals surface area contributed by atoms with Gasteiger partial charge in [-0.15, -0.1) is 0 Å². The molecular weight excluding hydrogens is 352 g/mol. The minimum atomic E-state index is -0.753. The first-order chi connectivity index (χ1) is 9.49. The van der Waals surface area contributed by atoms with Gasteiger partial charge in [0.25, 0.3) is 0 Å². The van der Waals surface area contributed by atoms with Crippen LogP contribution in [0.15, 0.2) is 34.8 Å². The number of hydrogen-bond donors (Lipinski definition) is 1. The predicted molar refractivity (Wildman–Crippen MR) is 78.1 cm³/mol. The number of halogens is 4. The van der Waals surface area contributed by atoms with Crippen molar-refractivity contribution in [3.05, 3.63) is 51.5 Å². The zero-order valence-corrected chi connectivity index (χ0v) is 12.2. The van der Waals surface area contributed by atoms with Gasteiger partial charge in [-0.3, -0.25) is 4.57 Å². The average molecular weight is 359 g/mol. The van der Waals surface area contributed by atoms with Crippen molar-refractivity contribution in [1.29, 1.82) is 0 Å². The Kier molecular flexibility index (Phi) is 3.14. The van der Waals surface area contributed by atoms with E-state index in [4.69, 9.17) is 17.3 Å². The van der Waals surface area contributed by atoms with Crippen LogP contribution in [0.4, 0.5) is 14.7 Å². The summed E-state index contributed by atoms with van der Waals surface area (Å²) in [5.41, 5.74) is 6.92. The number of aromatic nitrogens is 2. The van der Waals surface area contributed by atoms with Gasteiger partial charge in [0.05, 0.1) is 26.2 Å². The summed E-state index contributed by atoms with van der Waals surface area (Å²) >= 11 is 9.15. The van der Waals surface area contributed by atoms with Crippen LogP contribution in [0.1, 0.15) is 0 Å². The lowest BCUT2D eigenvalue weighted by Crippen LogP contribution is -2.04. The summed E-state index contributed by atoms with van der Waals surface area (Å²) in [6.45, 7) is 0. The van der Waals surface area contributed by atoms with E-state index in [1.54, 1.807) is 18.2 Å². The Bertz CT molecular complexity index is 832. The molecule has 7 heteroatoms. The highest BCUT2D eigenvalue weighted by atomic mass is 79.9. The van der Waals surface area contributed by atoms with Crippen LogP contribution in [0.25, 0.3) is 16.7 Å². The van der Waals surface area contributed by atoms with Crippen molar-refractivity contribution in [2.75, 3.05) is 5.73 Å². The number of rotatable bonds is 1. The van der Waals surface area contributed by atoms with Crippen molar-refractivity contribution in [3.8, 4) is 5.69 Å². The smallest absolute Gasteiger partial charge is 0.206 e. The molecule has 0 bridgehead atoms. The zero-order valence-electron chi connectivity index (χ0n) is 9.87. The van der Waals surface area contributed by atoms with E-state index in [1.165, 1.54) is 10.6 Å². The van der Waals surface area contributed by atoms with Gasteiger partial charge >= 0.3 is 0 Å². The van der Waals surface area contributed by atoms with Crippen molar-refractivity contribution in [3.63, 3.8) is 0 Å². The first-order valence-corrected chi connectivity index (χ1v) is 6.73. The summed E-state index contributed by atoms with van der Waals surface area (Å²) in [5, 5.41) is 0.381. The Balaban J connectivity index is 2.41. The molecule has 0 aliphatic heterocycles. The highest BCUT2D eigenvalue weighted by Crippen LogP contribution is 2.31. The number of imidazole rings is 1. The molecule has 0 saturated carbocycles. The number of para-hydroxylation sites is 1. The van der Waals surface area contributed by atoms with E-state index in [2.05, 4.69) is 20.9 Å². The molecular formula is C13H7BrClF2N3. The van der Waals surface area contributed by atoms with Crippen molar-refractivity contribution in [2.24, 2.45) is 0 Å². The fourth-order valence-electron chi connectivity index (χ4n) is 2.03. The molecule has 3 aromatic rings. The van der Waals surface area contributed by atoms with Gasteiger partial charge in [-0.1, -0.05) is 17.7 Å². The first-order valence-electron chi connectivity index (χ1n) is 5.56. The maximum absolute atomic E-state index is 14.0. The molecule has 0 aliphatic carbocycles. The summed E-state index contributed by atoms with van der Waals surface area (Å²) in [5.74, 6) is -1.37. The van der Waals surface area contributed by atoms with Crippen molar-refractivity contribution < 1.29 is 8.78 Å². The van der Waals surface area contributed by atoms with Crippen LogP contribution >= 0.6 is 27.5 Å². The lowest BCUT2D eigenvalue weighted by atomic mass is 10.2. The van der Waals surface area contributed by atoms with Crippen LogP contribution in [0, 0.1) is 11.6 Å². The zero-order chi connectivity index (χ0) is 14.4. The van der Waals surface area contributed by atoms with Crippen LogP contribution in [-0.4, -0.2) is 9.55 Å². The van der Waals surface area contributed by atoms with Gasteiger partial charge in [-0.05, 0) is 34.1 Å². The van der Waals surface area contributed by atoms with E-state index >= 15 is 0 Å². The Hall–Kier alpha value is -1.66. The average Bonchev–Trinajstić information content (AvgIpc) is 2.71. The van der Waals surface area contributed by atoms with Gasteiger partial charge in [0, 0.05) is 6.07 Å². The van der Waals surface area contributed by atoms with Gasteiger partial charge in [-0.2, -0.15) is 0 Å². The second-order valence-corrected chi connectivity index (χ2v) is 5.39. The molecule has 3 nitrogen and oxygen atoms in total. The molecule has 0 unspecified atom stereocenters. The normalized spacial score (nSPS) is 11.2. The molecule has 2 aromatic carbocycles. The molecule has 0 spiro atoms. The summed E-state index contributed by atoms with van der Waals surface area (Å²) in [6, 6.07) is 7.16. The Labute approximate surface area is 126 Å². The third-order valence-corrected chi connectivity index (χ3v) is 3.80. The topological polar surface area (TPSA) is 43.8 Å². The van der Waals surface area contributed by atoms with E-state index in [-0.39, 0.29) is 16.1 Å². The van der Waals surface area contributed by atoms with Crippen molar-refractivity contribution >= 4 is 44.5 Å². The SMILES string of the molecule is Nc1nc2cccc(Cl)c2n1-c1cc(Br)c(F)cc1F. The molecule has 1 heterocycles. The van der Waals surface area contributed by atoms with E-state index in [0.29, 0.717) is 16.1 Å². The van der Waals surface area contributed by atoms with Crippen LogP contribution in [0.3, 0.4) is 0 Å². The number of nitrogens with two attached hydrogens (primary N) is 1. The van der Waals surface area contributed by atoms with Gasteiger partial charge in [0.2, 0.25) is 5.95 Å². The molecule has 102 valence electrons. The Morgan fingerprint density at radius 3 is 2.70 bits per heavy atom. The molecule has 0 atom stereocenters. The van der Waals surface area contributed by atoms with Gasteiger partial charge in [0.1, 0.15) is 11.6 Å². The summed E-state index contributed by atoms with van der Waals surface area (Å²) in [7, 11) is 0. The van der Waals surface area contributed by atoms with Gasteiger partial charge < -0.3 is 5.73 Å². The predicted octanol–water partition coefficient (Wildman–Crippen LogP) is 4.30. The number of hydrogen-bond acceptors (Lipinski definition) is 2. The van der Waals surface area contributed by atoms with Gasteiger partial charge in [-0.25, -0.2) is 13.8 Å².